The monoisotopic (exact) mass is 305 g/mol. The molecule has 0 unspecified atom stereocenters. The highest BCUT2D eigenvalue weighted by Crippen LogP contribution is 2.10. The average molecular weight is 306 g/mol. The molecule has 1 aromatic carbocycles. The summed E-state index contributed by atoms with van der Waals surface area (Å²) in [6, 6.07) is 5.86. The fraction of sp³-hybridized carbons (Fsp3) is 0.300. The molecule has 0 aliphatic rings. The van der Waals surface area contributed by atoms with Crippen LogP contribution in [0, 0.1) is 0 Å². The summed E-state index contributed by atoms with van der Waals surface area (Å²) in [5.41, 5.74) is 0.499. The van der Waals surface area contributed by atoms with E-state index >= 15 is 0 Å². The first-order chi connectivity index (χ1) is 7.47. The second kappa shape index (κ2) is 5.56. The Bertz CT molecular complexity index is 467. The lowest BCUT2D eigenvalue weighted by atomic mass is 10.2. The van der Waals surface area contributed by atoms with Crippen molar-refractivity contribution >= 4 is 31.7 Å². The van der Waals surface area contributed by atoms with E-state index in [0.717, 1.165) is 0 Å². The average Bonchev–Trinajstić information content (AvgIpc) is 2.26. The summed E-state index contributed by atoms with van der Waals surface area (Å²) in [5.74, 6) is -0.0858. The number of carbonyl (C=O) groups is 1. The lowest BCUT2D eigenvalue weighted by Crippen LogP contribution is -2.25. The molecule has 0 aromatic heterocycles. The highest BCUT2D eigenvalue weighted by molar-refractivity contribution is 9.09. The number of rotatable bonds is 5. The fourth-order valence-corrected chi connectivity index (χ4v) is 2.62. The number of benzene rings is 1. The number of hydrogen-bond donors (Lipinski definition) is 1. The van der Waals surface area contributed by atoms with Gasteiger partial charge in [-0.2, -0.15) is 0 Å². The smallest absolute Gasteiger partial charge is 0.240 e. The first kappa shape index (κ1) is 13.3. The number of carbonyl (C=O) groups excluding carboxylic acids is 1. The van der Waals surface area contributed by atoms with Gasteiger partial charge in [-0.25, -0.2) is 13.1 Å². The van der Waals surface area contributed by atoms with Crippen molar-refractivity contribution in [3.05, 3.63) is 29.8 Å². The predicted molar refractivity (Wildman–Crippen MR) is 65.4 cm³/mol. The minimum atomic E-state index is -3.46. The van der Waals surface area contributed by atoms with Crippen LogP contribution in [-0.2, 0) is 10.0 Å². The molecular formula is C10H12BrNO3S. The molecule has 1 aromatic rings. The minimum absolute atomic E-state index is 0.0858. The van der Waals surface area contributed by atoms with E-state index in [9.17, 15) is 13.2 Å². The van der Waals surface area contributed by atoms with Gasteiger partial charge in [-0.15, -0.1) is 0 Å². The highest BCUT2D eigenvalue weighted by Gasteiger charge is 2.12. The second-order valence-electron chi connectivity index (χ2n) is 3.17. The number of nitrogens with one attached hydrogen (secondary N) is 1. The molecule has 0 spiro atoms. The molecule has 1 N–H and O–H groups in total. The summed E-state index contributed by atoms with van der Waals surface area (Å²) >= 11 is 3.13. The largest absolute Gasteiger partial charge is 0.295 e. The zero-order valence-electron chi connectivity index (χ0n) is 8.73. The molecule has 0 radical (unpaired) electrons. The lowest BCUT2D eigenvalue weighted by molar-refractivity contribution is 0.101. The van der Waals surface area contributed by atoms with Crippen LogP contribution in [0.3, 0.4) is 0 Å². The highest BCUT2D eigenvalue weighted by atomic mass is 79.9. The summed E-state index contributed by atoms with van der Waals surface area (Å²) in [6.07, 6.45) is 0. The Hall–Kier alpha value is -0.720. The van der Waals surface area contributed by atoms with Crippen LogP contribution >= 0.6 is 15.9 Å². The summed E-state index contributed by atoms with van der Waals surface area (Å²) in [5, 5.41) is 0.553. The number of halogens is 1. The van der Waals surface area contributed by atoms with E-state index in [-0.39, 0.29) is 10.7 Å². The second-order valence-corrected chi connectivity index (χ2v) is 5.73. The molecule has 0 aliphatic heterocycles. The third kappa shape index (κ3) is 3.40. The van der Waals surface area contributed by atoms with Gasteiger partial charge < -0.3 is 0 Å². The molecule has 0 heterocycles. The van der Waals surface area contributed by atoms with Gasteiger partial charge >= 0.3 is 0 Å². The lowest BCUT2D eigenvalue weighted by Gasteiger charge is -2.05. The fourth-order valence-electron chi connectivity index (χ4n) is 1.13. The van der Waals surface area contributed by atoms with Crippen LogP contribution in [0.15, 0.2) is 29.2 Å². The third-order valence-corrected chi connectivity index (χ3v) is 3.83. The molecule has 16 heavy (non-hydrogen) atoms. The van der Waals surface area contributed by atoms with Gasteiger partial charge in [0.25, 0.3) is 0 Å². The van der Waals surface area contributed by atoms with Crippen LogP contribution in [0.25, 0.3) is 0 Å². The van der Waals surface area contributed by atoms with Crippen LogP contribution in [-0.4, -0.2) is 26.1 Å². The molecule has 0 fully saturated rings. The first-order valence-corrected chi connectivity index (χ1v) is 7.24. The van der Waals surface area contributed by atoms with Gasteiger partial charge in [-0.05, 0) is 19.1 Å². The quantitative estimate of drug-likeness (QED) is 0.663. The van der Waals surface area contributed by atoms with E-state index in [4.69, 9.17) is 0 Å². The summed E-state index contributed by atoms with van der Waals surface area (Å²) < 4.78 is 25.7. The van der Waals surface area contributed by atoms with Crippen molar-refractivity contribution in [2.75, 3.05) is 11.9 Å². The maximum atomic E-state index is 11.7. The van der Waals surface area contributed by atoms with E-state index in [2.05, 4.69) is 20.7 Å². The van der Waals surface area contributed by atoms with Crippen molar-refractivity contribution in [3.63, 3.8) is 0 Å². The summed E-state index contributed by atoms with van der Waals surface area (Å²) in [7, 11) is -3.46. The molecular weight excluding hydrogens is 294 g/mol. The Morgan fingerprint density at radius 1 is 1.31 bits per heavy atom. The van der Waals surface area contributed by atoms with Crippen molar-refractivity contribution in [1.29, 1.82) is 0 Å². The summed E-state index contributed by atoms with van der Waals surface area (Å²) in [4.78, 5) is 11.2. The van der Waals surface area contributed by atoms with Crippen molar-refractivity contribution in [1.82, 2.24) is 4.72 Å². The zero-order chi connectivity index (χ0) is 12.2. The summed E-state index contributed by atoms with van der Waals surface area (Å²) in [6.45, 7) is 1.77. The third-order valence-electron chi connectivity index (χ3n) is 1.96. The van der Waals surface area contributed by atoms with Gasteiger partial charge in [0.05, 0.1) is 4.90 Å². The molecule has 88 valence electrons. The topological polar surface area (TPSA) is 63.2 Å². The number of hydrogen-bond acceptors (Lipinski definition) is 3. The Labute approximate surface area is 103 Å². The molecule has 4 nitrogen and oxygen atoms in total. The molecule has 0 saturated heterocycles. The maximum absolute atomic E-state index is 11.7. The Morgan fingerprint density at radius 3 is 2.31 bits per heavy atom. The normalized spacial score (nSPS) is 11.4. The first-order valence-electron chi connectivity index (χ1n) is 4.64. The minimum Gasteiger partial charge on any atom is -0.295 e. The Kier molecular flexibility index (Phi) is 4.64. The van der Waals surface area contributed by atoms with Gasteiger partial charge in [0.2, 0.25) is 10.0 Å². The number of Topliss-reactive ketones (excluding diaryl/α,β-unsaturated/α-hetero) is 1. The van der Waals surface area contributed by atoms with Crippen LogP contribution in [0.2, 0.25) is 0 Å². The number of ketones is 1. The van der Waals surface area contributed by atoms with Crippen molar-refractivity contribution in [2.24, 2.45) is 0 Å². The maximum Gasteiger partial charge on any atom is 0.240 e. The van der Waals surface area contributed by atoms with Crippen LogP contribution in [0.5, 0.6) is 0 Å². The zero-order valence-corrected chi connectivity index (χ0v) is 11.1. The van der Waals surface area contributed by atoms with Crippen molar-refractivity contribution in [3.8, 4) is 0 Å². The van der Waals surface area contributed by atoms with Gasteiger partial charge in [0.15, 0.2) is 5.78 Å². The van der Waals surface area contributed by atoms with Gasteiger partial charge in [0.1, 0.15) is 0 Å². The Morgan fingerprint density at radius 2 is 1.88 bits per heavy atom. The van der Waals surface area contributed by atoms with Crippen LogP contribution < -0.4 is 4.72 Å². The van der Waals surface area contributed by atoms with Crippen molar-refractivity contribution < 1.29 is 13.2 Å². The van der Waals surface area contributed by atoms with Crippen LogP contribution in [0.1, 0.15) is 17.3 Å². The molecule has 1 rings (SSSR count). The number of alkyl halides is 1. The van der Waals surface area contributed by atoms with Gasteiger partial charge in [-0.3, -0.25) is 4.79 Å². The standard InChI is InChI=1S/C10H12BrNO3S/c1-8(13)9-2-4-10(5-3-9)16(14,15)12-7-6-11/h2-5,12H,6-7H2,1H3. The van der Waals surface area contributed by atoms with Crippen LogP contribution in [0.4, 0.5) is 0 Å². The molecule has 0 amide bonds. The molecule has 6 heteroatoms. The predicted octanol–water partition coefficient (Wildman–Crippen LogP) is 1.56. The molecule has 0 saturated carbocycles. The van der Waals surface area contributed by atoms with E-state index in [1.54, 1.807) is 0 Å². The Balaban J connectivity index is 2.93. The van der Waals surface area contributed by atoms with E-state index in [1.807, 2.05) is 0 Å². The van der Waals surface area contributed by atoms with E-state index in [0.29, 0.717) is 17.4 Å². The van der Waals surface area contributed by atoms with Gasteiger partial charge in [-0.1, -0.05) is 28.1 Å². The molecule has 0 aliphatic carbocycles. The number of sulfonamides is 1. The molecule has 0 atom stereocenters. The molecule has 0 bridgehead atoms. The van der Waals surface area contributed by atoms with Crippen molar-refractivity contribution in [2.45, 2.75) is 11.8 Å². The SMILES string of the molecule is CC(=O)c1ccc(S(=O)(=O)NCCBr)cc1. The van der Waals surface area contributed by atoms with Gasteiger partial charge in [0, 0.05) is 17.4 Å². The van der Waals surface area contributed by atoms with E-state index in [1.165, 1.54) is 31.2 Å². The van der Waals surface area contributed by atoms with E-state index < -0.39 is 10.0 Å².